The van der Waals surface area contributed by atoms with Crippen molar-refractivity contribution < 1.29 is 4.42 Å². The van der Waals surface area contributed by atoms with Gasteiger partial charge in [0.05, 0.1) is 22.9 Å². The van der Waals surface area contributed by atoms with Crippen LogP contribution in [0.2, 0.25) is 0 Å². The molecule has 0 fully saturated rings. The van der Waals surface area contributed by atoms with Crippen LogP contribution in [-0.2, 0) is 12.8 Å². The van der Waals surface area contributed by atoms with Crippen molar-refractivity contribution in [3.63, 3.8) is 0 Å². The van der Waals surface area contributed by atoms with Gasteiger partial charge in [-0.25, -0.2) is 0 Å². The summed E-state index contributed by atoms with van der Waals surface area (Å²) in [6.07, 6.45) is 3.42. The third kappa shape index (κ3) is 1.12. The molecule has 0 aromatic carbocycles. The second-order valence-electron chi connectivity index (χ2n) is 4.81. The highest BCUT2D eigenvalue weighted by Crippen LogP contribution is 2.36. The predicted molar refractivity (Wildman–Crippen MR) is 68.8 cm³/mol. The molecule has 1 aliphatic carbocycles. The van der Waals surface area contributed by atoms with E-state index >= 15 is 0 Å². The van der Waals surface area contributed by atoms with Crippen molar-refractivity contribution in [3.05, 3.63) is 45.8 Å². The SMILES string of the molecule is Cc1cc2[nH]c3c(c2c(=O)[nH]1)CCc1occc1-3. The molecule has 3 aromatic heterocycles. The number of aryl methyl sites for hydroxylation is 3. The first-order valence-corrected chi connectivity index (χ1v) is 6.05. The molecule has 0 bridgehead atoms. The van der Waals surface area contributed by atoms with Crippen LogP contribution in [0.15, 0.2) is 27.6 Å². The number of pyridine rings is 1. The van der Waals surface area contributed by atoms with Gasteiger partial charge in [-0.05, 0) is 31.0 Å². The van der Waals surface area contributed by atoms with Crippen LogP contribution >= 0.6 is 0 Å². The minimum Gasteiger partial charge on any atom is -0.469 e. The Labute approximate surface area is 103 Å². The molecular formula is C14H12N2O2. The van der Waals surface area contributed by atoms with Crippen molar-refractivity contribution in [2.75, 3.05) is 0 Å². The zero-order valence-corrected chi connectivity index (χ0v) is 9.96. The molecule has 0 atom stereocenters. The minimum atomic E-state index is -0.00514. The lowest BCUT2D eigenvalue weighted by atomic mass is 9.95. The first-order valence-electron chi connectivity index (χ1n) is 6.05. The lowest BCUT2D eigenvalue weighted by molar-refractivity contribution is 0.507. The van der Waals surface area contributed by atoms with E-state index in [0.29, 0.717) is 0 Å². The second kappa shape index (κ2) is 3.16. The number of aromatic amines is 2. The van der Waals surface area contributed by atoms with Gasteiger partial charge in [0.1, 0.15) is 5.76 Å². The number of hydrogen-bond acceptors (Lipinski definition) is 2. The van der Waals surface area contributed by atoms with Crippen LogP contribution in [0.1, 0.15) is 17.0 Å². The van der Waals surface area contributed by atoms with Gasteiger partial charge in [0, 0.05) is 17.7 Å². The van der Waals surface area contributed by atoms with Gasteiger partial charge in [-0.2, -0.15) is 0 Å². The summed E-state index contributed by atoms with van der Waals surface area (Å²) in [5, 5.41) is 0.794. The number of rotatable bonds is 0. The summed E-state index contributed by atoms with van der Waals surface area (Å²) >= 11 is 0. The van der Waals surface area contributed by atoms with Crippen LogP contribution < -0.4 is 5.56 Å². The Balaban J connectivity index is 2.16. The maximum absolute atomic E-state index is 12.1. The Bertz CT molecular complexity index is 820. The van der Waals surface area contributed by atoms with E-state index in [1.165, 1.54) is 0 Å². The Hall–Kier alpha value is -2.23. The zero-order chi connectivity index (χ0) is 12.3. The van der Waals surface area contributed by atoms with Gasteiger partial charge in [0.2, 0.25) is 0 Å². The van der Waals surface area contributed by atoms with Gasteiger partial charge in [0.15, 0.2) is 0 Å². The molecular weight excluding hydrogens is 228 g/mol. The molecule has 2 N–H and O–H groups in total. The van der Waals surface area contributed by atoms with Gasteiger partial charge in [-0.1, -0.05) is 0 Å². The van der Waals surface area contributed by atoms with Crippen LogP contribution in [0.5, 0.6) is 0 Å². The van der Waals surface area contributed by atoms with Gasteiger partial charge in [0.25, 0.3) is 5.56 Å². The summed E-state index contributed by atoms with van der Waals surface area (Å²) in [6.45, 7) is 1.89. The summed E-state index contributed by atoms with van der Waals surface area (Å²) in [6, 6.07) is 3.94. The minimum absolute atomic E-state index is 0.00514. The average Bonchev–Trinajstić information content (AvgIpc) is 2.89. The van der Waals surface area contributed by atoms with Gasteiger partial charge in [-0.3, -0.25) is 4.79 Å². The van der Waals surface area contributed by atoms with Crippen molar-refractivity contribution in [1.82, 2.24) is 9.97 Å². The Kier molecular flexibility index (Phi) is 1.71. The predicted octanol–water partition coefficient (Wildman–Crippen LogP) is 2.52. The Morgan fingerprint density at radius 3 is 3.06 bits per heavy atom. The van der Waals surface area contributed by atoms with Crippen molar-refractivity contribution in [2.24, 2.45) is 0 Å². The fourth-order valence-corrected chi connectivity index (χ4v) is 2.90. The molecule has 18 heavy (non-hydrogen) atoms. The van der Waals surface area contributed by atoms with Crippen LogP contribution in [-0.4, -0.2) is 9.97 Å². The highest BCUT2D eigenvalue weighted by Gasteiger charge is 2.24. The van der Waals surface area contributed by atoms with Crippen LogP contribution in [0.25, 0.3) is 22.2 Å². The maximum atomic E-state index is 12.1. The molecule has 0 unspecified atom stereocenters. The monoisotopic (exact) mass is 240 g/mol. The summed E-state index contributed by atoms with van der Waals surface area (Å²) in [5.74, 6) is 1.00. The number of fused-ring (bicyclic) bond motifs is 5. The second-order valence-corrected chi connectivity index (χ2v) is 4.81. The largest absolute Gasteiger partial charge is 0.469 e. The summed E-state index contributed by atoms with van der Waals surface area (Å²) in [4.78, 5) is 18.3. The van der Waals surface area contributed by atoms with E-state index in [9.17, 15) is 4.79 Å². The van der Waals surface area contributed by atoms with E-state index in [2.05, 4.69) is 9.97 Å². The first kappa shape index (κ1) is 9.76. The fraction of sp³-hybridized carbons (Fsp3) is 0.214. The highest BCUT2D eigenvalue weighted by molar-refractivity contribution is 5.91. The number of nitrogens with one attached hydrogen (secondary N) is 2. The van der Waals surface area contributed by atoms with Crippen molar-refractivity contribution in [1.29, 1.82) is 0 Å². The smallest absolute Gasteiger partial charge is 0.257 e. The third-order valence-corrected chi connectivity index (χ3v) is 3.65. The zero-order valence-electron chi connectivity index (χ0n) is 9.96. The van der Waals surface area contributed by atoms with Crippen LogP contribution in [0, 0.1) is 6.92 Å². The molecule has 0 aliphatic heterocycles. The van der Waals surface area contributed by atoms with Crippen molar-refractivity contribution >= 4 is 10.9 Å². The number of aromatic nitrogens is 2. The van der Waals surface area contributed by atoms with E-state index in [1.807, 2.05) is 19.1 Å². The average molecular weight is 240 g/mol. The molecule has 1 aliphatic rings. The highest BCUT2D eigenvalue weighted by atomic mass is 16.3. The van der Waals surface area contributed by atoms with Gasteiger partial charge in [-0.15, -0.1) is 0 Å². The molecule has 4 nitrogen and oxygen atoms in total. The quantitative estimate of drug-likeness (QED) is 0.634. The van der Waals surface area contributed by atoms with E-state index < -0.39 is 0 Å². The molecule has 4 rings (SSSR count). The van der Waals surface area contributed by atoms with Crippen LogP contribution in [0.4, 0.5) is 0 Å². The molecule has 4 heteroatoms. The lowest BCUT2D eigenvalue weighted by Gasteiger charge is -2.10. The van der Waals surface area contributed by atoms with E-state index in [0.717, 1.165) is 52.0 Å². The normalized spacial score (nSPS) is 13.6. The molecule has 0 amide bonds. The number of hydrogen-bond donors (Lipinski definition) is 2. The van der Waals surface area contributed by atoms with Gasteiger partial charge >= 0.3 is 0 Å². The molecule has 0 spiro atoms. The standard InChI is InChI=1S/C14H12N2O2/c1-7-6-10-12(14(17)15-7)9-2-3-11-8(4-5-18-11)13(9)16-10/h4-6,16H,2-3H2,1H3,(H,15,17). The van der Waals surface area contributed by atoms with Crippen molar-refractivity contribution in [3.8, 4) is 11.3 Å². The molecule has 90 valence electrons. The van der Waals surface area contributed by atoms with Gasteiger partial charge < -0.3 is 14.4 Å². The first-order chi connectivity index (χ1) is 8.74. The molecule has 0 radical (unpaired) electrons. The van der Waals surface area contributed by atoms with Crippen molar-refractivity contribution in [2.45, 2.75) is 19.8 Å². The third-order valence-electron chi connectivity index (χ3n) is 3.65. The van der Waals surface area contributed by atoms with E-state index in [-0.39, 0.29) is 5.56 Å². The molecule has 0 saturated heterocycles. The molecule has 3 aromatic rings. The maximum Gasteiger partial charge on any atom is 0.257 e. The Morgan fingerprint density at radius 2 is 2.17 bits per heavy atom. The summed E-state index contributed by atoms with van der Waals surface area (Å²) in [5.41, 5.74) is 5.02. The topological polar surface area (TPSA) is 61.8 Å². The Morgan fingerprint density at radius 1 is 1.28 bits per heavy atom. The summed E-state index contributed by atoms with van der Waals surface area (Å²) < 4.78 is 5.46. The summed E-state index contributed by atoms with van der Waals surface area (Å²) in [7, 11) is 0. The molecule has 0 saturated carbocycles. The fourth-order valence-electron chi connectivity index (χ4n) is 2.90. The number of furan rings is 1. The van der Waals surface area contributed by atoms with E-state index in [4.69, 9.17) is 4.42 Å². The van der Waals surface area contributed by atoms with E-state index in [1.54, 1.807) is 6.26 Å². The molecule has 3 heterocycles. The number of H-pyrrole nitrogens is 2. The van der Waals surface area contributed by atoms with Crippen LogP contribution in [0.3, 0.4) is 0 Å². The lowest BCUT2D eigenvalue weighted by Crippen LogP contribution is -2.09.